The molecule has 0 unspecified atom stereocenters. The maximum absolute atomic E-state index is 11.6. The van der Waals surface area contributed by atoms with Crippen molar-refractivity contribution in [3.63, 3.8) is 0 Å². The van der Waals surface area contributed by atoms with Crippen LogP contribution in [0.3, 0.4) is 0 Å². The van der Waals surface area contributed by atoms with Gasteiger partial charge in [-0.1, -0.05) is 0 Å². The summed E-state index contributed by atoms with van der Waals surface area (Å²) >= 11 is 0. The van der Waals surface area contributed by atoms with Gasteiger partial charge in [-0.3, -0.25) is 4.79 Å². The van der Waals surface area contributed by atoms with E-state index in [0.29, 0.717) is 11.5 Å². The molecular formula is C13H19N3O3. The molecule has 2 N–H and O–H groups in total. The van der Waals surface area contributed by atoms with Crippen LogP contribution in [-0.2, 0) is 4.79 Å². The molecular weight excluding hydrogens is 246 g/mol. The molecule has 19 heavy (non-hydrogen) atoms. The van der Waals surface area contributed by atoms with Gasteiger partial charge in [0.25, 0.3) is 0 Å². The Morgan fingerprint density at radius 1 is 1.42 bits per heavy atom. The van der Waals surface area contributed by atoms with Gasteiger partial charge < -0.3 is 15.3 Å². The van der Waals surface area contributed by atoms with E-state index in [1.54, 1.807) is 18.9 Å². The van der Waals surface area contributed by atoms with Gasteiger partial charge >= 0.3 is 5.97 Å². The Labute approximate surface area is 112 Å². The number of anilines is 1. The highest BCUT2D eigenvalue weighted by atomic mass is 16.4. The number of rotatable bonds is 5. The maximum atomic E-state index is 11.6. The molecule has 1 aromatic heterocycles. The van der Waals surface area contributed by atoms with E-state index in [9.17, 15) is 9.59 Å². The number of amides is 1. The molecule has 0 aromatic carbocycles. The first-order valence-corrected chi connectivity index (χ1v) is 6.02. The highest BCUT2D eigenvalue weighted by Gasteiger charge is 2.12. The van der Waals surface area contributed by atoms with Crippen LogP contribution in [0.1, 0.15) is 29.9 Å². The smallest absolute Gasteiger partial charge is 0.335 e. The van der Waals surface area contributed by atoms with Crippen molar-refractivity contribution in [2.24, 2.45) is 0 Å². The zero-order chi connectivity index (χ0) is 14.6. The largest absolute Gasteiger partial charge is 0.478 e. The third-order valence-corrected chi connectivity index (χ3v) is 2.41. The Hall–Kier alpha value is -2.11. The minimum Gasteiger partial charge on any atom is -0.478 e. The number of nitrogens with zero attached hydrogens (tertiary/aromatic N) is 2. The second kappa shape index (κ2) is 6.17. The summed E-state index contributed by atoms with van der Waals surface area (Å²) in [5.74, 6) is -0.666. The van der Waals surface area contributed by atoms with Gasteiger partial charge in [-0.05, 0) is 32.9 Å². The lowest BCUT2D eigenvalue weighted by Crippen LogP contribution is -2.38. The monoisotopic (exact) mass is 265 g/mol. The van der Waals surface area contributed by atoms with E-state index in [1.165, 1.54) is 12.1 Å². The summed E-state index contributed by atoms with van der Waals surface area (Å²) < 4.78 is 0. The van der Waals surface area contributed by atoms with Crippen LogP contribution in [0.2, 0.25) is 0 Å². The van der Waals surface area contributed by atoms with E-state index >= 15 is 0 Å². The highest BCUT2D eigenvalue weighted by Crippen LogP contribution is 2.13. The topological polar surface area (TPSA) is 82.5 Å². The summed E-state index contributed by atoms with van der Waals surface area (Å²) in [6.45, 7) is 5.61. The second-order valence-corrected chi connectivity index (χ2v) is 4.74. The highest BCUT2D eigenvalue weighted by molar-refractivity contribution is 5.89. The van der Waals surface area contributed by atoms with Crippen LogP contribution in [0.5, 0.6) is 0 Å². The van der Waals surface area contributed by atoms with Crippen molar-refractivity contribution in [3.8, 4) is 0 Å². The van der Waals surface area contributed by atoms with E-state index < -0.39 is 5.97 Å². The minimum atomic E-state index is -1.01. The van der Waals surface area contributed by atoms with Crippen molar-refractivity contribution in [1.82, 2.24) is 10.3 Å². The summed E-state index contributed by atoms with van der Waals surface area (Å²) in [4.78, 5) is 28.5. The molecule has 0 aliphatic rings. The van der Waals surface area contributed by atoms with Gasteiger partial charge in [0.2, 0.25) is 5.91 Å². The molecule has 0 spiro atoms. The van der Waals surface area contributed by atoms with E-state index in [0.717, 1.165) is 0 Å². The number of hydrogen-bond acceptors (Lipinski definition) is 4. The van der Waals surface area contributed by atoms with Crippen molar-refractivity contribution in [3.05, 3.63) is 23.4 Å². The van der Waals surface area contributed by atoms with Crippen molar-refractivity contribution in [1.29, 1.82) is 0 Å². The quantitative estimate of drug-likeness (QED) is 0.831. The molecule has 6 nitrogen and oxygen atoms in total. The molecule has 0 radical (unpaired) electrons. The fourth-order valence-corrected chi connectivity index (χ4v) is 1.63. The maximum Gasteiger partial charge on any atom is 0.335 e. The first-order valence-electron chi connectivity index (χ1n) is 6.02. The van der Waals surface area contributed by atoms with Crippen LogP contribution in [0.25, 0.3) is 0 Å². The molecule has 0 fully saturated rings. The molecule has 0 aliphatic carbocycles. The number of pyridine rings is 1. The number of carboxylic acid groups (broad SMARTS) is 1. The van der Waals surface area contributed by atoms with Crippen molar-refractivity contribution < 1.29 is 14.7 Å². The normalized spacial score (nSPS) is 10.4. The van der Waals surface area contributed by atoms with Gasteiger partial charge in [0.1, 0.15) is 5.82 Å². The lowest BCUT2D eigenvalue weighted by atomic mass is 10.2. The van der Waals surface area contributed by atoms with Gasteiger partial charge in [0, 0.05) is 18.8 Å². The Balaban J connectivity index is 2.84. The fourth-order valence-electron chi connectivity index (χ4n) is 1.63. The summed E-state index contributed by atoms with van der Waals surface area (Å²) in [6, 6.07) is 3.02. The number of carbonyl (C=O) groups excluding carboxylic acids is 1. The number of carboxylic acids is 1. The molecule has 104 valence electrons. The predicted octanol–water partition coefficient (Wildman–Crippen LogP) is 1.05. The zero-order valence-electron chi connectivity index (χ0n) is 11.6. The van der Waals surface area contributed by atoms with Crippen LogP contribution in [0.15, 0.2) is 12.1 Å². The fraction of sp³-hybridized carbons (Fsp3) is 0.462. The van der Waals surface area contributed by atoms with E-state index in [-0.39, 0.29) is 24.1 Å². The average molecular weight is 265 g/mol. The third-order valence-electron chi connectivity index (χ3n) is 2.41. The number of nitrogens with one attached hydrogen (secondary N) is 1. The Kier molecular flexibility index (Phi) is 4.86. The summed E-state index contributed by atoms with van der Waals surface area (Å²) in [7, 11) is 1.70. The molecule has 1 aromatic rings. The first kappa shape index (κ1) is 14.9. The molecule has 0 saturated carbocycles. The number of aromatic nitrogens is 1. The SMILES string of the molecule is Cc1cc(C(=O)O)cc(N(C)CC(=O)NC(C)C)n1. The van der Waals surface area contributed by atoms with Crippen molar-refractivity contribution in [2.75, 3.05) is 18.5 Å². The third kappa shape index (κ3) is 4.57. The number of aryl methyl sites for hydroxylation is 1. The van der Waals surface area contributed by atoms with E-state index in [1.807, 2.05) is 13.8 Å². The molecule has 0 bridgehead atoms. The van der Waals surface area contributed by atoms with Crippen molar-refractivity contribution >= 4 is 17.7 Å². The number of carbonyl (C=O) groups is 2. The first-order chi connectivity index (χ1) is 8.79. The molecule has 0 atom stereocenters. The lowest BCUT2D eigenvalue weighted by Gasteiger charge is -2.19. The Bertz CT molecular complexity index is 486. The zero-order valence-corrected chi connectivity index (χ0v) is 11.6. The Morgan fingerprint density at radius 3 is 2.58 bits per heavy atom. The van der Waals surface area contributed by atoms with E-state index in [2.05, 4.69) is 10.3 Å². The Morgan fingerprint density at radius 2 is 2.05 bits per heavy atom. The lowest BCUT2D eigenvalue weighted by molar-refractivity contribution is -0.120. The van der Waals surface area contributed by atoms with Gasteiger partial charge in [0.05, 0.1) is 12.1 Å². The number of aromatic carboxylic acids is 1. The van der Waals surface area contributed by atoms with Gasteiger partial charge in [0.15, 0.2) is 0 Å². The van der Waals surface area contributed by atoms with Crippen LogP contribution in [-0.4, -0.2) is 41.6 Å². The van der Waals surface area contributed by atoms with Gasteiger partial charge in [-0.2, -0.15) is 0 Å². The predicted molar refractivity (Wildman–Crippen MR) is 72.5 cm³/mol. The van der Waals surface area contributed by atoms with Crippen LogP contribution >= 0.6 is 0 Å². The standard InChI is InChI=1S/C13H19N3O3/c1-8(2)14-12(17)7-16(4)11-6-10(13(18)19)5-9(3)15-11/h5-6,8H,7H2,1-4H3,(H,14,17)(H,18,19). The van der Waals surface area contributed by atoms with Crippen LogP contribution < -0.4 is 10.2 Å². The molecule has 1 rings (SSSR count). The average Bonchev–Trinajstić information content (AvgIpc) is 2.26. The minimum absolute atomic E-state index is 0.0703. The van der Waals surface area contributed by atoms with Crippen LogP contribution in [0.4, 0.5) is 5.82 Å². The van der Waals surface area contributed by atoms with Gasteiger partial charge in [-0.25, -0.2) is 9.78 Å². The summed E-state index contributed by atoms with van der Waals surface area (Å²) in [6.07, 6.45) is 0. The number of hydrogen-bond donors (Lipinski definition) is 2. The molecule has 6 heteroatoms. The summed E-state index contributed by atoms with van der Waals surface area (Å²) in [5.41, 5.74) is 0.768. The van der Waals surface area contributed by atoms with Crippen molar-refractivity contribution in [2.45, 2.75) is 26.8 Å². The molecule has 0 saturated heterocycles. The molecule has 1 amide bonds. The summed E-state index contributed by atoms with van der Waals surface area (Å²) in [5, 5.41) is 11.8. The molecule has 1 heterocycles. The van der Waals surface area contributed by atoms with Crippen LogP contribution in [0, 0.1) is 6.92 Å². The number of likely N-dealkylation sites (N-methyl/N-ethyl adjacent to an activating group) is 1. The second-order valence-electron chi connectivity index (χ2n) is 4.74. The van der Waals surface area contributed by atoms with Gasteiger partial charge in [-0.15, -0.1) is 0 Å². The molecule has 0 aliphatic heterocycles. The van der Waals surface area contributed by atoms with E-state index in [4.69, 9.17) is 5.11 Å².